The van der Waals surface area contributed by atoms with Crippen LogP contribution in [0, 0.1) is 18.6 Å². The van der Waals surface area contributed by atoms with Crippen molar-refractivity contribution < 1.29 is 17.2 Å². The van der Waals surface area contributed by atoms with E-state index in [0.717, 1.165) is 23.3 Å². The van der Waals surface area contributed by atoms with Crippen molar-refractivity contribution in [2.24, 2.45) is 0 Å². The number of aryl methyl sites for hydroxylation is 1. The molecule has 4 aromatic rings. The number of hydrogen-bond acceptors (Lipinski definition) is 7. The van der Waals surface area contributed by atoms with Crippen LogP contribution < -0.4 is 5.56 Å². The van der Waals surface area contributed by atoms with Gasteiger partial charge in [0.05, 0.1) is 10.6 Å². The molecule has 35 heavy (non-hydrogen) atoms. The molecule has 0 amide bonds. The SMILES string of the molecule is Cc1cccc(-c2nn3c(=O)cc(CN4CCN(S(=O)(=O)c5ccc(F)c(F)c5)CC4)nc3s2)c1. The highest BCUT2D eigenvalue weighted by Crippen LogP contribution is 2.25. The largest absolute Gasteiger partial charge is 0.295 e. The molecular weight excluding hydrogens is 496 g/mol. The van der Waals surface area contributed by atoms with Crippen LogP contribution in [0.4, 0.5) is 8.78 Å². The molecule has 0 atom stereocenters. The van der Waals surface area contributed by atoms with E-state index in [4.69, 9.17) is 0 Å². The van der Waals surface area contributed by atoms with E-state index in [1.54, 1.807) is 0 Å². The fourth-order valence-electron chi connectivity index (χ4n) is 3.98. The molecule has 0 saturated carbocycles. The lowest BCUT2D eigenvalue weighted by Crippen LogP contribution is -2.48. The fraction of sp³-hybridized carbons (Fsp3) is 0.261. The Morgan fingerprint density at radius 3 is 2.49 bits per heavy atom. The molecule has 1 saturated heterocycles. The van der Waals surface area contributed by atoms with Crippen molar-refractivity contribution in [3.63, 3.8) is 0 Å². The summed E-state index contributed by atoms with van der Waals surface area (Å²) < 4.78 is 54.9. The zero-order valence-electron chi connectivity index (χ0n) is 18.7. The molecule has 0 unspecified atom stereocenters. The van der Waals surface area contributed by atoms with Crippen molar-refractivity contribution in [1.29, 1.82) is 0 Å². The summed E-state index contributed by atoms with van der Waals surface area (Å²) in [5.41, 5.74) is 2.30. The number of fused-ring (bicyclic) bond motifs is 1. The zero-order valence-corrected chi connectivity index (χ0v) is 20.3. The molecule has 1 aliphatic rings. The lowest BCUT2D eigenvalue weighted by molar-refractivity contribution is 0.180. The molecule has 5 rings (SSSR count). The van der Waals surface area contributed by atoms with Crippen molar-refractivity contribution >= 4 is 26.3 Å². The number of piperazine rings is 1. The maximum Gasteiger partial charge on any atom is 0.275 e. The lowest BCUT2D eigenvalue weighted by atomic mass is 10.1. The molecule has 0 spiro atoms. The third-order valence-electron chi connectivity index (χ3n) is 5.81. The number of hydrogen-bond donors (Lipinski definition) is 0. The van der Waals surface area contributed by atoms with Crippen LogP contribution in [0.1, 0.15) is 11.3 Å². The van der Waals surface area contributed by atoms with Gasteiger partial charge < -0.3 is 0 Å². The minimum atomic E-state index is -3.94. The summed E-state index contributed by atoms with van der Waals surface area (Å²) in [6.45, 7) is 3.54. The van der Waals surface area contributed by atoms with E-state index in [0.29, 0.717) is 41.4 Å². The van der Waals surface area contributed by atoms with Gasteiger partial charge in [-0.2, -0.15) is 13.9 Å². The highest BCUT2D eigenvalue weighted by atomic mass is 32.2. The van der Waals surface area contributed by atoms with Crippen molar-refractivity contribution in [3.05, 3.63) is 81.8 Å². The van der Waals surface area contributed by atoms with Crippen LogP contribution in [-0.4, -0.2) is 58.4 Å². The van der Waals surface area contributed by atoms with Gasteiger partial charge in [0.15, 0.2) is 11.6 Å². The molecule has 0 bridgehead atoms. The lowest BCUT2D eigenvalue weighted by Gasteiger charge is -2.33. The highest BCUT2D eigenvalue weighted by Gasteiger charge is 2.29. The first kappa shape index (κ1) is 23.7. The third-order valence-corrected chi connectivity index (χ3v) is 8.66. The molecule has 182 valence electrons. The standard InChI is InChI=1S/C23H21F2N5O3S2/c1-15-3-2-4-16(11-15)22-27-30-21(31)12-17(26-23(30)34-22)14-28-7-9-29(10-8-28)35(32,33)18-5-6-19(24)20(25)13-18/h2-6,11-13H,7-10,14H2,1H3. The molecule has 0 N–H and O–H groups in total. The van der Waals surface area contributed by atoms with Gasteiger partial charge in [-0.15, -0.1) is 0 Å². The summed E-state index contributed by atoms with van der Waals surface area (Å²) in [6, 6.07) is 11.9. The maximum absolute atomic E-state index is 13.5. The number of sulfonamides is 1. The number of nitrogens with zero attached hydrogens (tertiary/aromatic N) is 5. The molecule has 0 aliphatic carbocycles. The summed E-state index contributed by atoms with van der Waals surface area (Å²) in [5.74, 6) is -2.30. The van der Waals surface area contributed by atoms with E-state index in [-0.39, 0.29) is 23.5 Å². The van der Waals surface area contributed by atoms with Crippen LogP contribution in [0.2, 0.25) is 0 Å². The zero-order chi connectivity index (χ0) is 24.7. The van der Waals surface area contributed by atoms with Crippen LogP contribution in [0.15, 0.2) is 58.2 Å². The van der Waals surface area contributed by atoms with E-state index >= 15 is 0 Å². The second-order valence-electron chi connectivity index (χ2n) is 8.31. The molecule has 2 aromatic carbocycles. The van der Waals surface area contributed by atoms with Crippen molar-refractivity contribution in [1.82, 2.24) is 23.8 Å². The minimum absolute atomic E-state index is 0.181. The van der Waals surface area contributed by atoms with Crippen LogP contribution in [0.25, 0.3) is 15.5 Å². The van der Waals surface area contributed by atoms with Crippen LogP contribution in [0.5, 0.6) is 0 Å². The van der Waals surface area contributed by atoms with E-state index in [2.05, 4.69) is 10.1 Å². The van der Waals surface area contributed by atoms with Crippen molar-refractivity contribution in [3.8, 4) is 10.6 Å². The van der Waals surface area contributed by atoms with Crippen LogP contribution >= 0.6 is 11.3 Å². The van der Waals surface area contributed by atoms with E-state index in [1.165, 1.54) is 26.2 Å². The first-order valence-corrected chi connectivity index (χ1v) is 13.1. The summed E-state index contributed by atoms with van der Waals surface area (Å²) in [4.78, 5) is 19.5. The van der Waals surface area contributed by atoms with Gasteiger partial charge in [-0.05, 0) is 31.2 Å². The van der Waals surface area contributed by atoms with Crippen molar-refractivity contribution in [2.45, 2.75) is 18.4 Å². The number of benzene rings is 2. The summed E-state index contributed by atoms with van der Waals surface area (Å²) in [6.07, 6.45) is 0. The third kappa shape index (κ3) is 4.74. The van der Waals surface area contributed by atoms with Gasteiger partial charge in [-0.3, -0.25) is 9.69 Å². The number of aromatic nitrogens is 3. The Labute approximate surface area is 204 Å². The molecule has 2 aromatic heterocycles. The Bertz CT molecular complexity index is 1580. The quantitative estimate of drug-likeness (QED) is 0.405. The normalized spacial score (nSPS) is 15.6. The summed E-state index contributed by atoms with van der Waals surface area (Å²) >= 11 is 1.33. The Balaban J connectivity index is 1.30. The molecule has 12 heteroatoms. The summed E-state index contributed by atoms with van der Waals surface area (Å²) in [5, 5.41) is 5.11. The van der Waals surface area contributed by atoms with Gasteiger partial charge >= 0.3 is 0 Å². The monoisotopic (exact) mass is 517 g/mol. The Morgan fingerprint density at radius 2 is 1.77 bits per heavy atom. The molecular formula is C23H21F2N5O3S2. The fourth-order valence-corrected chi connectivity index (χ4v) is 6.33. The van der Waals surface area contributed by atoms with E-state index in [9.17, 15) is 22.0 Å². The molecule has 3 heterocycles. The van der Waals surface area contributed by atoms with E-state index < -0.39 is 21.7 Å². The predicted octanol–water partition coefficient (Wildman–Crippen LogP) is 2.91. The van der Waals surface area contributed by atoms with Gasteiger partial charge in [0.25, 0.3) is 5.56 Å². The Hall–Kier alpha value is -3.06. The summed E-state index contributed by atoms with van der Waals surface area (Å²) in [7, 11) is -3.94. The molecule has 0 radical (unpaired) electrons. The average Bonchev–Trinajstić information content (AvgIpc) is 3.26. The molecule has 1 fully saturated rings. The van der Waals surface area contributed by atoms with Gasteiger partial charge in [0.1, 0.15) is 5.01 Å². The highest BCUT2D eigenvalue weighted by molar-refractivity contribution is 7.89. The van der Waals surface area contributed by atoms with E-state index in [1.807, 2.05) is 36.1 Å². The minimum Gasteiger partial charge on any atom is -0.295 e. The predicted molar refractivity (Wildman–Crippen MR) is 128 cm³/mol. The molecule has 8 nitrogen and oxygen atoms in total. The Morgan fingerprint density at radius 1 is 1.00 bits per heavy atom. The smallest absolute Gasteiger partial charge is 0.275 e. The maximum atomic E-state index is 13.5. The Kier molecular flexibility index (Phi) is 6.21. The van der Waals surface area contributed by atoms with Crippen LogP contribution in [-0.2, 0) is 16.6 Å². The van der Waals surface area contributed by atoms with Gasteiger partial charge in [0.2, 0.25) is 15.0 Å². The van der Waals surface area contributed by atoms with Crippen LogP contribution in [0.3, 0.4) is 0 Å². The topological polar surface area (TPSA) is 87.9 Å². The second-order valence-corrected chi connectivity index (χ2v) is 11.2. The number of rotatable bonds is 5. The first-order chi connectivity index (χ1) is 16.7. The van der Waals surface area contributed by atoms with Gasteiger partial charge in [-0.25, -0.2) is 22.2 Å². The average molecular weight is 518 g/mol. The van der Waals surface area contributed by atoms with Gasteiger partial charge in [0, 0.05) is 44.4 Å². The number of halogens is 2. The van der Waals surface area contributed by atoms with Gasteiger partial charge in [-0.1, -0.05) is 35.1 Å². The van der Waals surface area contributed by atoms with Crippen molar-refractivity contribution in [2.75, 3.05) is 26.2 Å². The first-order valence-electron chi connectivity index (χ1n) is 10.8. The molecule has 1 aliphatic heterocycles. The second kappa shape index (κ2) is 9.19.